The molecule has 2 aromatic carbocycles. The number of methoxy groups -OCH3 is 2. The third-order valence-corrected chi connectivity index (χ3v) is 7.31. The van der Waals surface area contributed by atoms with Gasteiger partial charge in [0, 0.05) is 17.7 Å². The van der Waals surface area contributed by atoms with E-state index in [9.17, 15) is 27.7 Å². The second kappa shape index (κ2) is 13.2. The zero-order valence-corrected chi connectivity index (χ0v) is 23.8. The van der Waals surface area contributed by atoms with Crippen LogP contribution < -0.4 is 19.1 Å². The van der Waals surface area contributed by atoms with Crippen LogP contribution >= 0.6 is 0 Å². The fraction of sp³-hybridized carbons (Fsp3) is 0.185. The number of rotatable bonds is 9. The molecule has 2 aromatic heterocycles. The van der Waals surface area contributed by atoms with Crippen LogP contribution in [0.3, 0.4) is 0 Å². The minimum atomic E-state index is -3.76. The van der Waals surface area contributed by atoms with Crippen molar-refractivity contribution in [1.29, 1.82) is 0 Å². The predicted octanol–water partition coefficient (Wildman–Crippen LogP) is 3.70. The first-order chi connectivity index (χ1) is 20.6. The molecular formula is C27H24FN5O9S. The van der Waals surface area contributed by atoms with Crippen LogP contribution in [0, 0.1) is 15.9 Å². The Labute approximate surface area is 244 Å². The quantitative estimate of drug-likeness (QED) is 0.152. The van der Waals surface area contributed by atoms with Crippen LogP contribution in [0.2, 0.25) is 0 Å². The number of hydrogen-bond acceptors (Lipinski definition) is 12. The molecule has 0 radical (unpaired) electrons. The third kappa shape index (κ3) is 7.17. The summed E-state index contributed by atoms with van der Waals surface area (Å²) in [5, 5.41) is 10.3. The average molecular weight is 614 g/mol. The van der Waals surface area contributed by atoms with Gasteiger partial charge in [-0.2, -0.15) is 8.42 Å². The summed E-state index contributed by atoms with van der Waals surface area (Å²) >= 11 is 0. The highest BCUT2D eigenvalue weighted by atomic mass is 32.2. The van der Waals surface area contributed by atoms with Gasteiger partial charge in [0.1, 0.15) is 12.4 Å². The van der Waals surface area contributed by atoms with Gasteiger partial charge >= 0.3 is 0 Å². The minimum Gasteiger partial charge on any atom is -0.495 e. The monoisotopic (exact) mass is 613 g/mol. The SMILES string of the molecule is COS(=O)(=O)c1ccc([N+](=O)[O-])cc1.COc1ccc(COc2cc3c(cc2F)CN(c2cnc(OC)cn2)C3=O)nc1. The molecule has 1 aliphatic rings. The van der Waals surface area contributed by atoms with Crippen LogP contribution in [0.5, 0.6) is 17.4 Å². The summed E-state index contributed by atoms with van der Waals surface area (Å²) < 4.78 is 56.5. The highest BCUT2D eigenvalue weighted by molar-refractivity contribution is 7.86. The third-order valence-electron chi connectivity index (χ3n) is 6.03. The van der Waals surface area contributed by atoms with Gasteiger partial charge in [-0.3, -0.25) is 29.0 Å². The van der Waals surface area contributed by atoms with Crippen molar-refractivity contribution in [3.63, 3.8) is 0 Å². The summed E-state index contributed by atoms with van der Waals surface area (Å²) in [6, 6.07) is 10.6. The van der Waals surface area contributed by atoms with Gasteiger partial charge in [0.15, 0.2) is 17.4 Å². The Kier molecular flexibility index (Phi) is 9.42. The van der Waals surface area contributed by atoms with E-state index in [2.05, 4.69) is 19.1 Å². The van der Waals surface area contributed by atoms with E-state index in [0.717, 1.165) is 31.4 Å². The van der Waals surface area contributed by atoms with E-state index >= 15 is 0 Å². The number of benzene rings is 2. The second-order valence-corrected chi connectivity index (χ2v) is 10.3. The first-order valence-electron chi connectivity index (χ1n) is 12.2. The van der Waals surface area contributed by atoms with E-state index < -0.39 is 20.9 Å². The molecule has 0 saturated heterocycles. The number of nitro benzene ring substituents is 1. The van der Waals surface area contributed by atoms with Gasteiger partial charge in [-0.25, -0.2) is 14.4 Å². The van der Waals surface area contributed by atoms with E-state index in [1.165, 1.54) is 36.5 Å². The van der Waals surface area contributed by atoms with Gasteiger partial charge in [0.2, 0.25) is 5.88 Å². The lowest BCUT2D eigenvalue weighted by Crippen LogP contribution is -2.24. The molecule has 14 nitrogen and oxygen atoms in total. The summed E-state index contributed by atoms with van der Waals surface area (Å²) in [5.41, 5.74) is 1.36. The van der Waals surface area contributed by atoms with Gasteiger partial charge in [-0.15, -0.1) is 0 Å². The van der Waals surface area contributed by atoms with Crippen LogP contribution in [-0.4, -0.2) is 55.5 Å². The Morgan fingerprint density at radius 3 is 2.28 bits per heavy atom. The zero-order chi connectivity index (χ0) is 31.1. The van der Waals surface area contributed by atoms with E-state index in [1.807, 2.05) is 0 Å². The standard InChI is InChI=1S/C20H17FN4O4.C7H7NO5S/c1-27-14-4-3-13(22-7-14)11-29-17-6-15-12(5-16(17)21)10-25(20(15)26)18-8-24-19(28-2)9-23-18;1-13-14(11,12)7-4-2-6(3-5-7)8(9)10/h3-9H,10-11H2,1-2H3;2-5H,1H3. The molecule has 0 N–H and O–H groups in total. The Hall–Kier alpha value is -5.22. The van der Waals surface area contributed by atoms with Crippen molar-refractivity contribution >= 4 is 27.5 Å². The number of aromatic nitrogens is 3. The number of anilines is 1. The fourth-order valence-corrected chi connectivity index (χ4v) is 4.42. The zero-order valence-electron chi connectivity index (χ0n) is 23.0. The van der Waals surface area contributed by atoms with Crippen molar-refractivity contribution < 1.29 is 40.9 Å². The molecule has 0 spiro atoms. The molecule has 0 atom stereocenters. The molecule has 0 fully saturated rings. The number of amides is 1. The number of nitrogens with zero attached hydrogens (tertiary/aromatic N) is 5. The molecule has 5 rings (SSSR count). The van der Waals surface area contributed by atoms with Crippen molar-refractivity contribution in [3.05, 3.63) is 99.9 Å². The van der Waals surface area contributed by atoms with Crippen LogP contribution in [0.4, 0.5) is 15.9 Å². The van der Waals surface area contributed by atoms with Crippen molar-refractivity contribution in [1.82, 2.24) is 15.0 Å². The fourth-order valence-electron chi connectivity index (χ4n) is 3.76. The number of carbonyl (C=O) groups excluding carboxylic acids is 1. The van der Waals surface area contributed by atoms with E-state index in [1.54, 1.807) is 25.4 Å². The van der Waals surface area contributed by atoms with Gasteiger partial charge in [0.25, 0.3) is 21.7 Å². The molecule has 16 heteroatoms. The van der Waals surface area contributed by atoms with Crippen LogP contribution in [0.1, 0.15) is 21.6 Å². The number of non-ortho nitro benzene ring substituents is 1. The number of fused-ring (bicyclic) bond motifs is 1. The van der Waals surface area contributed by atoms with E-state index in [0.29, 0.717) is 34.3 Å². The average Bonchev–Trinajstić information content (AvgIpc) is 3.35. The lowest BCUT2D eigenvalue weighted by Gasteiger charge is -2.13. The van der Waals surface area contributed by atoms with Gasteiger partial charge < -0.3 is 14.2 Å². The Balaban J connectivity index is 0.000000255. The molecule has 3 heterocycles. The van der Waals surface area contributed by atoms with E-state index in [-0.39, 0.29) is 35.4 Å². The molecule has 0 aliphatic carbocycles. The number of nitro groups is 1. The number of carbonyl (C=O) groups is 1. The molecule has 0 bridgehead atoms. The molecule has 224 valence electrons. The Morgan fingerprint density at radius 1 is 0.977 bits per heavy atom. The maximum atomic E-state index is 14.5. The van der Waals surface area contributed by atoms with Crippen molar-refractivity contribution in [3.8, 4) is 17.4 Å². The summed E-state index contributed by atoms with van der Waals surface area (Å²) in [5.74, 6) is 0.450. The summed E-state index contributed by atoms with van der Waals surface area (Å²) in [7, 11) is 0.286. The van der Waals surface area contributed by atoms with Crippen LogP contribution in [0.15, 0.2) is 72.0 Å². The summed E-state index contributed by atoms with van der Waals surface area (Å²) in [6.45, 7) is 0.258. The van der Waals surface area contributed by atoms with Crippen molar-refractivity contribution in [2.75, 3.05) is 26.2 Å². The molecule has 43 heavy (non-hydrogen) atoms. The predicted molar refractivity (Wildman–Crippen MR) is 148 cm³/mol. The highest BCUT2D eigenvalue weighted by Gasteiger charge is 2.31. The van der Waals surface area contributed by atoms with E-state index in [4.69, 9.17) is 14.2 Å². The number of pyridine rings is 1. The lowest BCUT2D eigenvalue weighted by atomic mass is 10.1. The van der Waals surface area contributed by atoms with Crippen LogP contribution in [0.25, 0.3) is 0 Å². The Bertz CT molecular complexity index is 1720. The smallest absolute Gasteiger partial charge is 0.296 e. The molecule has 1 aliphatic heterocycles. The van der Waals surface area contributed by atoms with Gasteiger partial charge in [-0.1, -0.05) is 0 Å². The van der Waals surface area contributed by atoms with Gasteiger partial charge in [0.05, 0.1) is 62.0 Å². The second-order valence-electron chi connectivity index (χ2n) is 8.60. The first kappa shape index (κ1) is 30.7. The van der Waals surface area contributed by atoms with Crippen molar-refractivity contribution in [2.24, 2.45) is 0 Å². The largest absolute Gasteiger partial charge is 0.495 e. The maximum absolute atomic E-state index is 14.5. The maximum Gasteiger partial charge on any atom is 0.296 e. The summed E-state index contributed by atoms with van der Waals surface area (Å²) in [4.78, 5) is 36.2. The Morgan fingerprint density at radius 2 is 1.72 bits per heavy atom. The van der Waals surface area contributed by atoms with Crippen LogP contribution in [-0.2, 0) is 27.5 Å². The van der Waals surface area contributed by atoms with Crippen molar-refractivity contribution in [2.45, 2.75) is 18.0 Å². The molecular weight excluding hydrogens is 589 g/mol. The molecule has 4 aromatic rings. The normalized spacial score (nSPS) is 12.2. The van der Waals surface area contributed by atoms with Gasteiger partial charge in [-0.05, 0) is 42.0 Å². The molecule has 1 amide bonds. The number of hydrogen-bond donors (Lipinski definition) is 0. The lowest BCUT2D eigenvalue weighted by molar-refractivity contribution is -0.384. The highest BCUT2D eigenvalue weighted by Crippen LogP contribution is 2.32. The molecule has 0 saturated carbocycles. The summed E-state index contributed by atoms with van der Waals surface area (Å²) in [6.07, 6.45) is 4.41. The molecule has 0 unspecified atom stereocenters. The topological polar surface area (TPSA) is 173 Å². The number of ether oxygens (including phenoxy) is 3. The first-order valence-corrected chi connectivity index (χ1v) is 13.6. The minimum absolute atomic E-state index is 0.0163. The number of halogens is 1.